The largest absolute Gasteiger partial charge is 1.00 e. The van der Waals surface area contributed by atoms with E-state index < -0.39 is 29.1 Å². The van der Waals surface area contributed by atoms with E-state index in [4.69, 9.17) is 26.1 Å². The number of aryl methyl sites for hydroxylation is 1. The minimum absolute atomic E-state index is 0. The standard InChI is InChI=1S/C16H18ClO7PS.K/c17-13-7-9-14(10-8-13)24-15-5-1-3-12(11-15)4-2-6-16(25(18,19)20)26(21,22)23;/h1,3,5,7-11,16H,2,4,6H2,(H2,18,19,20)(H,21,22,23);/q;+1/p-1. The molecule has 0 spiro atoms. The Hall–Kier alpha value is 0.226. The van der Waals surface area contributed by atoms with Crippen molar-refractivity contribution in [2.75, 3.05) is 0 Å². The zero-order valence-electron chi connectivity index (χ0n) is 14.5. The fourth-order valence-electron chi connectivity index (χ4n) is 2.36. The predicted molar refractivity (Wildman–Crippen MR) is 96.4 cm³/mol. The van der Waals surface area contributed by atoms with E-state index in [0.717, 1.165) is 5.56 Å². The molecule has 0 bridgehead atoms. The Labute approximate surface area is 205 Å². The molecule has 0 aliphatic carbocycles. The molecule has 0 aromatic heterocycles. The van der Waals surface area contributed by atoms with E-state index in [9.17, 15) is 17.5 Å². The van der Waals surface area contributed by atoms with Gasteiger partial charge in [0.1, 0.15) is 21.6 Å². The van der Waals surface area contributed by atoms with Crippen molar-refractivity contribution >= 4 is 29.3 Å². The minimum Gasteiger partial charge on any atom is -0.747 e. The van der Waals surface area contributed by atoms with E-state index in [2.05, 4.69) is 0 Å². The molecule has 142 valence electrons. The van der Waals surface area contributed by atoms with Gasteiger partial charge in [-0.1, -0.05) is 23.7 Å². The Morgan fingerprint density at radius 2 is 1.74 bits per heavy atom. The van der Waals surface area contributed by atoms with E-state index in [1.807, 2.05) is 0 Å². The summed E-state index contributed by atoms with van der Waals surface area (Å²) in [6.45, 7) is 0. The third kappa shape index (κ3) is 8.63. The first-order chi connectivity index (χ1) is 12.1. The van der Waals surface area contributed by atoms with Gasteiger partial charge in [-0.05, 0) is 61.2 Å². The first-order valence-electron chi connectivity index (χ1n) is 7.58. The molecule has 0 amide bonds. The Bertz CT molecular complexity index is 899. The van der Waals surface area contributed by atoms with Gasteiger partial charge in [-0.25, -0.2) is 8.42 Å². The second-order valence-electron chi connectivity index (χ2n) is 5.63. The number of hydrogen-bond donors (Lipinski definition) is 2. The maximum absolute atomic E-state index is 11.2. The summed E-state index contributed by atoms with van der Waals surface area (Å²) in [5.74, 6) is 1.14. The first-order valence-corrected chi connectivity index (χ1v) is 11.1. The summed E-state index contributed by atoms with van der Waals surface area (Å²) in [7, 11) is -10.1. The average molecular weight is 459 g/mol. The molecule has 0 heterocycles. The second-order valence-corrected chi connectivity index (χ2v) is 9.77. The van der Waals surface area contributed by atoms with Gasteiger partial charge in [-0.3, -0.25) is 4.57 Å². The molecule has 2 N–H and O–H groups in total. The Kier molecular flexibility index (Phi) is 10.1. The zero-order valence-corrected chi connectivity index (χ0v) is 20.1. The number of hydrogen-bond acceptors (Lipinski definition) is 5. The molecule has 0 saturated heterocycles. The second kappa shape index (κ2) is 10.8. The fourth-order valence-corrected chi connectivity index (χ4v) is 4.81. The summed E-state index contributed by atoms with van der Waals surface area (Å²) < 4.78 is 49.9. The number of halogens is 1. The molecule has 7 nitrogen and oxygen atoms in total. The van der Waals surface area contributed by atoms with Crippen molar-refractivity contribution in [2.45, 2.75) is 24.3 Å². The van der Waals surface area contributed by atoms with Crippen molar-refractivity contribution in [1.82, 2.24) is 0 Å². The Morgan fingerprint density at radius 1 is 1.11 bits per heavy atom. The molecule has 2 aromatic carbocycles. The van der Waals surface area contributed by atoms with Gasteiger partial charge in [-0.2, -0.15) is 0 Å². The van der Waals surface area contributed by atoms with Crippen molar-refractivity contribution in [1.29, 1.82) is 0 Å². The van der Waals surface area contributed by atoms with Crippen molar-refractivity contribution in [3.05, 3.63) is 59.1 Å². The van der Waals surface area contributed by atoms with Crippen LogP contribution in [0.2, 0.25) is 5.02 Å². The van der Waals surface area contributed by atoms with Crippen molar-refractivity contribution in [2.24, 2.45) is 0 Å². The van der Waals surface area contributed by atoms with E-state index in [1.165, 1.54) is 0 Å². The van der Waals surface area contributed by atoms with Gasteiger partial charge in [0, 0.05) is 5.02 Å². The molecule has 0 fully saturated rings. The number of ether oxygens (including phenoxy) is 1. The molecule has 2 aromatic rings. The van der Waals surface area contributed by atoms with Crippen LogP contribution in [0.4, 0.5) is 0 Å². The quantitative estimate of drug-likeness (QED) is 0.335. The molecule has 2 rings (SSSR count). The zero-order chi connectivity index (χ0) is 19.4. The molecular weight excluding hydrogens is 442 g/mol. The van der Waals surface area contributed by atoms with Gasteiger partial charge in [0.2, 0.25) is 0 Å². The van der Waals surface area contributed by atoms with E-state index in [1.54, 1.807) is 48.5 Å². The van der Waals surface area contributed by atoms with Crippen LogP contribution in [-0.4, -0.2) is 27.7 Å². The van der Waals surface area contributed by atoms with Crippen LogP contribution >= 0.6 is 19.2 Å². The van der Waals surface area contributed by atoms with Gasteiger partial charge >= 0.3 is 59.0 Å². The summed E-state index contributed by atoms with van der Waals surface area (Å²) in [5, 5.41) is 0.582. The summed E-state index contributed by atoms with van der Waals surface area (Å²) in [5.41, 5.74) is 0.782. The van der Waals surface area contributed by atoms with E-state index in [0.29, 0.717) is 22.9 Å². The van der Waals surface area contributed by atoms with Crippen LogP contribution in [0.25, 0.3) is 0 Å². The molecule has 1 atom stereocenters. The SMILES string of the molecule is O=P(O)(O)C(CCCc1cccc(Oc2ccc(Cl)cc2)c1)S(=O)(=O)[O-].[K+]. The van der Waals surface area contributed by atoms with Crippen molar-refractivity contribution in [3.63, 3.8) is 0 Å². The maximum atomic E-state index is 11.2. The molecular formula is C16H17ClKO7PS. The van der Waals surface area contributed by atoms with Crippen LogP contribution < -0.4 is 56.1 Å². The van der Waals surface area contributed by atoms with Gasteiger partial charge in [0.05, 0.1) is 0 Å². The Balaban J connectivity index is 0.00000364. The predicted octanol–water partition coefficient (Wildman–Crippen LogP) is 0.508. The van der Waals surface area contributed by atoms with Crippen LogP contribution in [0, 0.1) is 0 Å². The monoisotopic (exact) mass is 458 g/mol. The molecule has 0 aliphatic rings. The molecule has 1 unspecified atom stereocenters. The van der Waals surface area contributed by atoms with Crippen LogP contribution in [-0.2, 0) is 21.1 Å². The smallest absolute Gasteiger partial charge is 0.747 e. The van der Waals surface area contributed by atoms with E-state index >= 15 is 0 Å². The normalized spacial score (nSPS) is 12.9. The van der Waals surface area contributed by atoms with Crippen LogP contribution in [0.15, 0.2) is 48.5 Å². The molecule has 11 heteroatoms. The van der Waals surface area contributed by atoms with Crippen LogP contribution in [0.5, 0.6) is 11.5 Å². The van der Waals surface area contributed by atoms with Gasteiger partial charge in [0.15, 0.2) is 4.99 Å². The summed E-state index contributed by atoms with van der Waals surface area (Å²) in [4.78, 5) is 15.9. The fraction of sp³-hybridized carbons (Fsp3) is 0.250. The third-order valence-corrected chi connectivity index (χ3v) is 7.33. The summed E-state index contributed by atoms with van der Waals surface area (Å²) >= 11 is 5.81. The van der Waals surface area contributed by atoms with Gasteiger partial charge < -0.3 is 19.1 Å². The average Bonchev–Trinajstić information content (AvgIpc) is 2.52. The van der Waals surface area contributed by atoms with Crippen molar-refractivity contribution < 1.29 is 83.4 Å². The molecule has 0 radical (unpaired) electrons. The number of benzene rings is 2. The Morgan fingerprint density at radius 3 is 2.30 bits per heavy atom. The third-order valence-electron chi connectivity index (χ3n) is 3.57. The summed E-state index contributed by atoms with van der Waals surface area (Å²) in [6, 6.07) is 13.8. The number of rotatable bonds is 8. The topological polar surface area (TPSA) is 124 Å². The molecule has 27 heavy (non-hydrogen) atoms. The first kappa shape index (κ1) is 25.3. The summed E-state index contributed by atoms with van der Waals surface area (Å²) in [6.07, 6.45) is 0.0455. The molecule has 0 aliphatic heterocycles. The van der Waals surface area contributed by atoms with Gasteiger partial charge in [-0.15, -0.1) is 0 Å². The molecule has 0 saturated carbocycles. The van der Waals surface area contributed by atoms with Crippen LogP contribution in [0.3, 0.4) is 0 Å². The maximum Gasteiger partial charge on any atom is 1.00 e. The minimum atomic E-state index is -5.08. The van der Waals surface area contributed by atoms with E-state index in [-0.39, 0.29) is 57.8 Å². The van der Waals surface area contributed by atoms with Crippen molar-refractivity contribution in [3.8, 4) is 11.5 Å². The van der Waals surface area contributed by atoms with Crippen LogP contribution in [0.1, 0.15) is 18.4 Å². The van der Waals surface area contributed by atoms with Gasteiger partial charge in [0.25, 0.3) is 0 Å².